The van der Waals surface area contributed by atoms with Crippen LogP contribution in [0.5, 0.6) is 5.75 Å². The molecule has 0 saturated carbocycles. The number of carboxylic acid groups (broad SMARTS) is 1. The largest absolute Gasteiger partial charge is 0.494 e. The van der Waals surface area contributed by atoms with Gasteiger partial charge in [-0.05, 0) is 44.5 Å². The third-order valence-electron chi connectivity index (χ3n) is 5.04. The molecular weight excluding hydrogens is 430 g/mol. The predicted molar refractivity (Wildman–Crippen MR) is 121 cm³/mol. The Hall–Kier alpha value is -3.34. The van der Waals surface area contributed by atoms with Crippen LogP contribution in [0.3, 0.4) is 0 Å². The number of primary amides is 1. The maximum absolute atomic E-state index is 12.8. The number of ether oxygens (including phenoxy) is 1. The van der Waals surface area contributed by atoms with Crippen molar-refractivity contribution in [2.45, 2.75) is 44.7 Å². The Labute approximate surface area is 193 Å². The van der Waals surface area contributed by atoms with E-state index in [1.807, 2.05) is 0 Å². The summed E-state index contributed by atoms with van der Waals surface area (Å²) in [6.07, 6.45) is 1.38. The maximum atomic E-state index is 12.8. The van der Waals surface area contributed by atoms with Crippen LogP contribution < -0.4 is 26.4 Å². The Bertz CT molecular complexity index is 812. The van der Waals surface area contributed by atoms with Gasteiger partial charge in [0.05, 0.1) is 6.61 Å². The summed E-state index contributed by atoms with van der Waals surface area (Å²) in [6, 6.07) is 6.79. The quantitative estimate of drug-likeness (QED) is 0.183. The van der Waals surface area contributed by atoms with E-state index < -0.39 is 29.9 Å². The Morgan fingerprint density at radius 3 is 2.58 bits per heavy atom. The summed E-state index contributed by atoms with van der Waals surface area (Å²) in [6.45, 7) is 3.44. The van der Waals surface area contributed by atoms with Crippen molar-refractivity contribution in [3.8, 4) is 5.75 Å². The molecule has 1 aromatic carbocycles. The molecule has 1 aliphatic heterocycles. The van der Waals surface area contributed by atoms with E-state index in [0.717, 1.165) is 32.5 Å². The molecule has 11 heteroatoms. The highest BCUT2D eigenvalue weighted by Gasteiger charge is 2.21. The van der Waals surface area contributed by atoms with Gasteiger partial charge in [-0.2, -0.15) is 0 Å². The summed E-state index contributed by atoms with van der Waals surface area (Å²) in [5.41, 5.74) is 5.63. The number of carboxylic acids is 1. The first-order valence-electron chi connectivity index (χ1n) is 11.1. The molecule has 2 rings (SSSR count). The van der Waals surface area contributed by atoms with Gasteiger partial charge in [0, 0.05) is 44.1 Å². The second kappa shape index (κ2) is 13.9. The second-order valence-corrected chi connectivity index (χ2v) is 7.82. The lowest BCUT2D eigenvalue weighted by atomic mass is 10.2. The van der Waals surface area contributed by atoms with E-state index in [0.29, 0.717) is 24.4 Å². The molecule has 1 atom stereocenters. The van der Waals surface area contributed by atoms with Crippen LogP contribution in [-0.2, 0) is 19.2 Å². The molecule has 0 spiro atoms. The summed E-state index contributed by atoms with van der Waals surface area (Å²) in [5.74, 6) is -1.88. The number of hydrogen-bond donors (Lipinski definition) is 5. The lowest BCUT2D eigenvalue weighted by Crippen LogP contribution is -2.52. The third kappa shape index (κ3) is 10.7. The normalized spacial score (nSPS) is 14.3. The topological polar surface area (TPSA) is 163 Å². The SMILES string of the molecule is NC(=O)CCC(=O)NC(Nc1cccc(OCCCC(=O)O)c1)C(=O)NCCN1CCCC1. The van der Waals surface area contributed by atoms with Gasteiger partial charge in [0.25, 0.3) is 5.91 Å². The Balaban J connectivity index is 1.95. The van der Waals surface area contributed by atoms with E-state index in [9.17, 15) is 19.2 Å². The van der Waals surface area contributed by atoms with Crippen LogP contribution >= 0.6 is 0 Å². The fraction of sp³-hybridized carbons (Fsp3) is 0.545. The second-order valence-electron chi connectivity index (χ2n) is 7.82. The van der Waals surface area contributed by atoms with Gasteiger partial charge >= 0.3 is 5.97 Å². The van der Waals surface area contributed by atoms with Gasteiger partial charge < -0.3 is 36.4 Å². The lowest BCUT2D eigenvalue weighted by molar-refractivity contribution is -0.137. The molecule has 1 unspecified atom stereocenters. The van der Waals surface area contributed by atoms with Gasteiger partial charge in [-0.25, -0.2) is 0 Å². The average Bonchev–Trinajstić information content (AvgIpc) is 3.28. The van der Waals surface area contributed by atoms with E-state index in [1.54, 1.807) is 24.3 Å². The Morgan fingerprint density at radius 2 is 1.88 bits per heavy atom. The molecule has 0 bridgehead atoms. The van der Waals surface area contributed by atoms with Crippen molar-refractivity contribution in [2.24, 2.45) is 5.73 Å². The lowest BCUT2D eigenvalue weighted by Gasteiger charge is -2.22. The van der Waals surface area contributed by atoms with Crippen molar-refractivity contribution >= 4 is 29.4 Å². The summed E-state index contributed by atoms with van der Waals surface area (Å²) in [7, 11) is 0. The third-order valence-corrected chi connectivity index (χ3v) is 5.04. The van der Waals surface area contributed by atoms with Gasteiger partial charge in [0.1, 0.15) is 5.75 Å². The average molecular weight is 464 g/mol. The zero-order chi connectivity index (χ0) is 24.1. The molecule has 182 valence electrons. The summed E-state index contributed by atoms with van der Waals surface area (Å²) < 4.78 is 5.56. The molecule has 0 aromatic heterocycles. The molecule has 33 heavy (non-hydrogen) atoms. The van der Waals surface area contributed by atoms with Crippen molar-refractivity contribution < 1.29 is 29.0 Å². The molecule has 1 aromatic rings. The molecule has 0 radical (unpaired) electrons. The van der Waals surface area contributed by atoms with Crippen molar-refractivity contribution in [3.63, 3.8) is 0 Å². The number of nitrogens with one attached hydrogen (secondary N) is 3. The van der Waals surface area contributed by atoms with E-state index >= 15 is 0 Å². The molecule has 1 heterocycles. The first-order valence-corrected chi connectivity index (χ1v) is 11.1. The van der Waals surface area contributed by atoms with Crippen LogP contribution in [0.1, 0.15) is 38.5 Å². The van der Waals surface area contributed by atoms with Crippen molar-refractivity contribution in [1.82, 2.24) is 15.5 Å². The highest BCUT2D eigenvalue weighted by Crippen LogP contribution is 2.18. The number of carbonyl (C=O) groups excluding carboxylic acids is 3. The summed E-state index contributed by atoms with van der Waals surface area (Å²) in [5, 5.41) is 17.1. The van der Waals surface area contributed by atoms with E-state index in [1.165, 1.54) is 0 Å². The van der Waals surface area contributed by atoms with E-state index in [2.05, 4.69) is 20.9 Å². The number of aliphatic carboxylic acids is 1. The van der Waals surface area contributed by atoms with Gasteiger partial charge in [0.2, 0.25) is 11.8 Å². The summed E-state index contributed by atoms with van der Waals surface area (Å²) in [4.78, 5) is 48.8. The highest BCUT2D eigenvalue weighted by atomic mass is 16.5. The first-order chi connectivity index (χ1) is 15.8. The Morgan fingerprint density at radius 1 is 1.12 bits per heavy atom. The van der Waals surface area contributed by atoms with Crippen LogP contribution in [0.25, 0.3) is 0 Å². The number of carbonyl (C=O) groups is 4. The smallest absolute Gasteiger partial charge is 0.303 e. The fourth-order valence-corrected chi connectivity index (χ4v) is 3.34. The summed E-state index contributed by atoms with van der Waals surface area (Å²) >= 11 is 0. The number of nitrogens with zero attached hydrogens (tertiary/aromatic N) is 1. The van der Waals surface area contributed by atoms with Crippen molar-refractivity contribution in [1.29, 1.82) is 0 Å². The molecule has 11 nitrogen and oxygen atoms in total. The first kappa shape index (κ1) is 25.9. The number of amides is 3. The van der Waals surface area contributed by atoms with Gasteiger partial charge in [0.15, 0.2) is 6.17 Å². The minimum Gasteiger partial charge on any atom is -0.494 e. The van der Waals surface area contributed by atoms with Crippen LogP contribution in [0.15, 0.2) is 24.3 Å². The minimum absolute atomic E-state index is 0.00888. The molecule has 0 aliphatic carbocycles. The van der Waals surface area contributed by atoms with Crippen molar-refractivity contribution in [3.05, 3.63) is 24.3 Å². The zero-order valence-corrected chi connectivity index (χ0v) is 18.7. The van der Waals surface area contributed by atoms with E-state index in [4.69, 9.17) is 15.6 Å². The molecule has 1 aliphatic rings. The Kier molecular flexibility index (Phi) is 10.9. The van der Waals surface area contributed by atoms with Crippen molar-refractivity contribution in [2.75, 3.05) is 38.1 Å². The molecule has 1 saturated heterocycles. The number of hydrogen-bond acceptors (Lipinski definition) is 7. The van der Waals surface area contributed by atoms with Crippen LogP contribution in [0, 0.1) is 0 Å². The number of anilines is 1. The molecule has 3 amide bonds. The number of benzene rings is 1. The minimum atomic E-state index is -1.06. The maximum Gasteiger partial charge on any atom is 0.303 e. The monoisotopic (exact) mass is 463 g/mol. The fourth-order valence-electron chi connectivity index (χ4n) is 3.34. The van der Waals surface area contributed by atoms with Gasteiger partial charge in [-0.1, -0.05) is 6.07 Å². The molecule has 1 fully saturated rings. The van der Waals surface area contributed by atoms with Crippen LogP contribution in [0.4, 0.5) is 5.69 Å². The predicted octanol–water partition coefficient (Wildman–Crippen LogP) is 0.262. The number of nitrogens with two attached hydrogens (primary N) is 1. The van der Waals surface area contributed by atoms with Gasteiger partial charge in [-0.15, -0.1) is 0 Å². The van der Waals surface area contributed by atoms with Gasteiger partial charge in [-0.3, -0.25) is 19.2 Å². The van der Waals surface area contributed by atoms with Crippen LogP contribution in [0.2, 0.25) is 0 Å². The number of likely N-dealkylation sites (tertiary alicyclic amines) is 1. The number of rotatable bonds is 15. The molecular formula is C22H33N5O6. The zero-order valence-electron chi connectivity index (χ0n) is 18.7. The van der Waals surface area contributed by atoms with E-state index in [-0.39, 0.29) is 25.9 Å². The molecule has 6 N–H and O–H groups in total. The standard InChI is InChI=1S/C22H33N5O6/c23-18(28)8-9-19(29)26-21(22(32)24-10-13-27-11-1-2-12-27)25-16-5-3-6-17(15-16)33-14-4-7-20(30)31/h3,5-6,15,21,25H,1-2,4,7-14H2,(H2,23,28)(H,24,32)(H,26,29)(H,30,31). The van der Waals surface area contributed by atoms with Crippen LogP contribution in [-0.4, -0.2) is 72.6 Å². The highest BCUT2D eigenvalue weighted by molar-refractivity contribution is 5.90.